The third-order valence-electron chi connectivity index (χ3n) is 2.93. The molecule has 2 heterocycles. The first kappa shape index (κ1) is 14.2. The minimum absolute atomic E-state index is 0.266. The second kappa shape index (κ2) is 7.36. The van der Waals surface area contributed by atoms with Crippen molar-refractivity contribution < 1.29 is 0 Å². The summed E-state index contributed by atoms with van der Waals surface area (Å²) < 4.78 is 1.01. The van der Waals surface area contributed by atoms with Gasteiger partial charge in [0.25, 0.3) is 0 Å². The molecule has 0 spiro atoms. The van der Waals surface area contributed by atoms with Crippen molar-refractivity contribution in [1.82, 2.24) is 15.3 Å². The molecule has 0 amide bonds. The number of nitrogens with one attached hydrogen (secondary N) is 1. The van der Waals surface area contributed by atoms with Gasteiger partial charge in [0.2, 0.25) is 0 Å². The summed E-state index contributed by atoms with van der Waals surface area (Å²) in [6.07, 6.45) is 7.56. The predicted molar refractivity (Wildman–Crippen MR) is 80.9 cm³/mol. The maximum Gasteiger partial charge on any atom is 0.0423 e. The highest BCUT2D eigenvalue weighted by Crippen LogP contribution is 2.17. The van der Waals surface area contributed by atoms with Crippen molar-refractivity contribution in [3.63, 3.8) is 0 Å². The Bertz CT molecular complexity index is 485. The highest BCUT2D eigenvalue weighted by molar-refractivity contribution is 9.10. The van der Waals surface area contributed by atoms with Crippen LogP contribution in [0.2, 0.25) is 0 Å². The van der Waals surface area contributed by atoms with Gasteiger partial charge in [-0.05, 0) is 52.7 Å². The van der Waals surface area contributed by atoms with Crippen LogP contribution >= 0.6 is 15.9 Å². The number of hydrogen-bond donors (Lipinski definition) is 1. The van der Waals surface area contributed by atoms with E-state index in [2.05, 4.69) is 50.3 Å². The van der Waals surface area contributed by atoms with Crippen LogP contribution in [-0.2, 0) is 6.42 Å². The molecule has 0 fully saturated rings. The third kappa shape index (κ3) is 4.40. The lowest BCUT2D eigenvalue weighted by molar-refractivity contribution is 0.523. The van der Waals surface area contributed by atoms with Crippen LogP contribution in [0.1, 0.15) is 30.6 Å². The van der Waals surface area contributed by atoms with Gasteiger partial charge >= 0.3 is 0 Å². The van der Waals surface area contributed by atoms with Gasteiger partial charge in [-0.15, -0.1) is 0 Å². The van der Waals surface area contributed by atoms with Crippen LogP contribution in [0, 0.1) is 0 Å². The Morgan fingerprint density at radius 2 is 2.16 bits per heavy atom. The lowest BCUT2D eigenvalue weighted by Gasteiger charge is -2.18. The molecule has 3 nitrogen and oxygen atoms in total. The summed E-state index contributed by atoms with van der Waals surface area (Å²) in [5, 5.41) is 3.56. The average molecular weight is 320 g/mol. The molecule has 0 radical (unpaired) electrons. The summed E-state index contributed by atoms with van der Waals surface area (Å²) >= 11 is 3.41. The largest absolute Gasteiger partial charge is 0.310 e. The van der Waals surface area contributed by atoms with Gasteiger partial charge in [0.1, 0.15) is 0 Å². The Morgan fingerprint density at radius 3 is 2.79 bits per heavy atom. The molecule has 0 aromatic carbocycles. The summed E-state index contributed by atoms with van der Waals surface area (Å²) in [5.74, 6) is 0. The maximum absolute atomic E-state index is 4.44. The Balaban J connectivity index is 2.11. The molecule has 100 valence electrons. The van der Waals surface area contributed by atoms with E-state index in [-0.39, 0.29) is 6.04 Å². The van der Waals surface area contributed by atoms with E-state index in [4.69, 9.17) is 0 Å². The molecule has 1 unspecified atom stereocenters. The van der Waals surface area contributed by atoms with E-state index in [1.165, 1.54) is 5.56 Å². The van der Waals surface area contributed by atoms with Crippen LogP contribution in [0.15, 0.2) is 47.3 Å². The van der Waals surface area contributed by atoms with Gasteiger partial charge in [0, 0.05) is 41.2 Å². The van der Waals surface area contributed by atoms with Gasteiger partial charge in [-0.1, -0.05) is 13.0 Å². The zero-order valence-corrected chi connectivity index (χ0v) is 12.6. The Morgan fingerprint density at radius 1 is 1.26 bits per heavy atom. The number of hydrogen-bond acceptors (Lipinski definition) is 3. The fourth-order valence-electron chi connectivity index (χ4n) is 1.94. The van der Waals surface area contributed by atoms with E-state index >= 15 is 0 Å². The summed E-state index contributed by atoms with van der Waals surface area (Å²) in [5.41, 5.74) is 2.29. The van der Waals surface area contributed by atoms with Gasteiger partial charge in [-0.2, -0.15) is 0 Å². The van der Waals surface area contributed by atoms with Crippen LogP contribution in [0.5, 0.6) is 0 Å². The van der Waals surface area contributed by atoms with Crippen LogP contribution < -0.4 is 5.32 Å². The van der Waals surface area contributed by atoms with Crippen LogP contribution in [0.4, 0.5) is 0 Å². The highest BCUT2D eigenvalue weighted by atomic mass is 79.9. The topological polar surface area (TPSA) is 37.8 Å². The third-order valence-corrected chi connectivity index (χ3v) is 3.40. The van der Waals surface area contributed by atoms with Crippen molar-refractivity contribution in [3.05, 3.63) is 58.6 Å². The van der Waals surface area contributed by atoms with Crippen LogP contribution in [0.3, 0.4) is 0 Å². The van der Waals surface area contributed by atoms with Gasteiger partial charge < -0.3 is 5.32 Å². The molecule has 0 aliphatic heterocycles. The van der Waals surface area contributed by atoms with E-state index in [0.717, 1.165) is 29.6 Å². The van der Waals surface area contributed by atoms with E-state index < -0.39 is 0 Å². The van der Waals surface area contributed by atoms with Crippen molar-refractivity contribution in [3.8, 4) is 0 Å². The zero-order chi connectivity index (χ0) is 13.5. The van der Waals surface area contributed by atoms with Gasteiger partial charge in [0.15, 0.2) is 0 Å². The Hall–Kier alpha value is -1.26. The van der Waals surface area contributed by atoms with Crippen molar-refractivity contribution in [2.75, 3.05) is 6.54 Å². The highest BCUT2D eigenvalue weighted by Gasteiger charge is 2.12. The first-order valence-electron chi connectivity index (χ1n) is 6.53. The molecule has 0 aliphatic rings. The molecule has 0 saturated carbocycles. The fraction of sp³-hybridized carbons (Fsp3) is 0.333. The van der Waals surface area contributed by atoms with Crippen molar-refractivity contribution in [2.24, 2.45) is 0 Å². The number of pyridine rings is 2. The lowest BCUT2D eigenvalue weighted by atomic mass is 10.0. The Labute approximate surface area is 122 Å². The average Bonchev–Trinajstić information content (AvgIpc) is 2.46. The molecular formula is C15H18BrN3. The van der Waals surface area contributed by atoms with Crippen molar-refractivity contribution in [2.45, 2.75) is 25.8 Å². The summed E-state index contributed by atoms with van der Waals surface area (Å²) in [6, 6.07) is 8.44. The monoisotopic (exact) mass is 319 g/mol. The first-order chi connectivity index (χ1) is 9.29. The molecule has 1 N–H and O–H groups in total. The summed E-state index contributed by atoms with van der Waals surface area (Å²) in [4.78, 5) is 8.65. The number of rotatable bonds is 6. The molecule has 0 saturated heterocycles. The second-order valence-corrected chi connectivity index (χ2v) is 5.38. The Kier molecular flexibility index (Phi) is 5.48. The van der Waals surface area contributed by atoms with E-state index in [1.54, 1.807) is 6.20 Å². The second-order valence-electron chi connectivity index (χ2n) is 4.46. The first-order valence-corrected chi connectivity index (χ1v) is 7.32. The van der Waals surface area contributed by atoms with E-state index in [9.17, 15) is 0 Å². The minimum atomic E-state index is 0.266. The number of nitrogens with zero attached hydrogens (tertiary/aromatic N) is 2. The zero-order valence-electron chi connectivity index (χ0n) is 11.0. The quantitative estimate of drug-likeness (QED) is 0.885. The van der Waals surface area contributed by atoms with Crippen molar-refractivity contribution >= 4 is 15.9 Å². The van der Waals surface area contributed by atoms with Crippen LogP contribution in [-0.4, -0.2) is 16.5 Å². The normalized spacial score (nSPS) is 12.3. The van der Waals surface area contributed by atoms with E-state index in [0.29, 0.717) is 0 Å². The molecule has 2 aromatic heterocycles. The van der Waals surface area contributed by atoms with Gasteiger partial charge in [0.05, 0.1) is 0 Å². The van der Waals surface area contributed by atoms with Crippen LogP contribution in [0.25, 0.3) is 0 Å². The fourth-order valence-corrected chi connectivity index (χ4v) is 2.18. The van der Waals surface area contributed by atoms with E-state index in [1.807, 2.05) is 24.5 Å². The molecule has 0 aliphatic carbocycles. The van der Waals surface area contributed by atoms with Gasteiger partial charge in [-0.3, -0.25) is 9.97 Å². The molecular weight excluding hydrogens is 302 g/mol. The summed E-state index contributed by atoms with van der Waals surface area (Å²) in [6.45, 7) is 3.17. The standard InChI is InChI=1S/C15H18BrN3/c1-2-7-18-15(12-4-3-8-17-10-12)9-14-6-5-13(16)11-19-14/h3-6,8,10-11,15,18H,2,7,9H2,1H3. The SMILES string of the molecule is CCCNC(Cc1ccc(Br)cn1)c1cccnc1. The molecule has 2 aromatic rings. The molecule has 4 heteroatoms. The molecule has 1 atom stereocenters. The number of aromatic nitrogens is 2. The maximum atomic E-state index is 4.44. The molecule has 2 rings (SSSR count). The summed E-state index contributed by atoms with van der Waals surface area (Å²) in [7, 11) is 0. The minimum Gasteiger partial charge on any atom is -0.310 e. The number of halogens is 1. The predicted octanol–water partition coefficient (Wildman–Crippen LogP) is 3.52. The smallest absolute Gasteiger partial charge is 0.0423 e. The molecule has 19 heavy (non-hydrogen) atoms. The lowest BCUT2D eigenvalue weighted by Crippen LogP contribution is -2.24. The van der Waals surface area contributed by atoms with Crippen molar-refractivity contribution in [1.29, 1.82) is 0 Å². The van der Waals surface area contributed by atoms with Gasteiger partial charge in [-0.25, -0.2) is 0 Å². The molecule has 0 bridgehead atoms.